The molecule has 3 heterocycles. The summed E-state index contributed by atoms with van der Waals surface area (Å²) in [5.74, 6) is 1.45. The maximum absolute atomic E-state index is 12.2. The minimum absolute atomic E-state index is 0.000172. The number of para-hydroxylation sites is 1. The van der Waals surface area contributed by atoms with Gasteiger partial charge in [0.05, 0.1) is 65.1 Å². The van der Waals surface area contributed by atoms with E-state index in [-0.39, 0.29) is 52.0 Å². The number of nitrogens with one attached hydrogen (secondary N) is 6. The summed E-state index contributed by atoms with van der Waals surface area (Å²) in [4.78, 5) is 89.1. The van der Waals surface area contributed by atoms with Crippen LogP contribution < -0.4 is 20.7 Å². The number of rotatable bonds is 17. The Morgan fingerprint density at radius 1 is 0.449 bits per heavy atom. The molecule has 0 aliphatic heterocycles. The molecule has 0 bridgehead atoms. The number of nitro groups is 3. The fraction of sp³-hybridized carbons (Fsp3) is 0.0943. The van der Waals surface area contributed by atoms with E-state index in [1.165, 1.54) is 71.7 Å². The number of aromatic amines is 3. The van der Waals surface area contributed by atoms with Gasteiger partial charge < -0.3 is 35.6 Å². The molecule has 22 nitrogen and oxygen atoms in total. The molecule has 25 heteroatoms. The van der Waals surface area contributed by atoms with Crippen molar-refractivity contribution in [2.24, 2.45) is 0 Å². The lowest BCUT2D eigenvalue weighted by molar-refractivity contribution is -0.384. The summed E-state index contributed by atoms with van der Waals surface area (Å²) in [6, 6.07) is 44.8. The molecule has 0 atom stereocenters. The number of hydrogen-bond acceptors (Lipinski definition) is 16. The lowest BCUT2D eigenvalue weighted by Gasteiger charge is -2.07. The number of fused-ring (bicyclic) bond motifs is 3. The summed E-state index contributed by atoms with van der Waals surface area (Å²) in [6.45, 7) is 3.96. The summed E-state index contributed by atoms with van der Waals surface area (Å²) in [5.41, 5.74) is 7.94. The van der Waals surface area contributed by atoms with Crippen molar-refractivity contribution in [1.29, 1.82) is 0 Å². The number of carbonyl (C=O) groups excluding carboxylic acids is 3. The number of carbonyl (C=O) groups is 3. The molecule has 0 radical (unpaired) electrons. The molecule has 394 valence electrons. The number of nitrogens with zero attached hydrogens (tertiary/aromatic N) is 6. The van der Waals surface area contributed by atoms with Crippen LogP contribution in [0.2, 0.25) is 0 Å². The standard InChI is InChI=1S/C21H16N4O4S.2C16H14N4O3S/c26-20(13-30-21-23-18-11-8-15(25(27)28)12-19(18)24-21)22-14-6-9-17(10-7-14)29-16-4-2-1-3-5-16;2*1-10-2-4-11(5-3-10)17-15(21)9-24-16-18-13-7-6-12(20(22)23)8-14(13)19-16/h1-12H,13H2,(H,22,26)(H,23,24);2*2-8H,9H2,1H3,(H,17,21)(H,18,19). The van der Waals surface area contributed by atoms with Crippen LogP contribution in [0.1, 0.15) is 11.1 Å². The third-order valence-electron chi connectivity index (χ3n) is 10.8. The third kappa shape index (κ3) is 15.7. The summed E-state index contributed by atoms with van der Waals surface area (Å²) < 4.78 is 5.72. The number of nitro benzene ring substituents is 3. The largest absolute Gasteiger partial charge is 0.457 e. The highest BCUT2D eigenvalue weighted by molar-refractivity contribution is 8.00. The Labute approximate surface area is 455 Å². The summed E-state index contributed by atoms with van der Waals surface area (Å²) >= 11 is 3.70. The Morgan fingerprint density at radius 3 is 1.08 bits per heavy atom. The minimum Gasteiger partial charge on any atom is -0.457 e. The van der Waals surface area contributed by atoms with Gasteiger partial charge in [0.2, 0.25) is 17.7 Å². The van der Waals surface area contributed by atoms with E-state index in [0.29, 0.717) is 60.0 Å². The predicted octanol–water partition coefficient (Wildman–Crippen LogP) is 12.0. The Kier molecular flexibility index (Phi) is 18.1. The number of amides is 3. The van der Waals surface area contributed by atoms with Crippen LogP contribution in [0.25, 0.3) is 33.1 Å². The molecule has 7 aromatic carbocycles. The van der Waals surface area contributed by atoms with Gasteiger partial charge in [0.25, 0.3) is 17.1 Å². The van der Waals surface area contributed by atoms with Crippen molar-refractivity contribution in [1.82, 2.24) is 29.9 Å². The van der Waals surface area contributed by atoms with Crippen LogP contribution in [0, 0.1) is 44.2 Å². The highest BCUT2D eigenvalue weighted by Gasteiger charge is 2.15. The van der Waals surface area contributed by atoms with Gasteiger partial charge in [0.1, 0.15) is 11.5 Å². The van der Waals surface area contributed by atoms with Crippen molar-refractivity contribution in [3.8, 4) is 11.5 Å². The van der Waals surface area contributed by atoms with Crippen molar-refractivity contribution in [2.75, 3.05) is 33.2 Å². The van der Waals surface area contributed by atoms with E-state index in [9.17, 15) is 44.7 Å². The van der Waals surface area contributed by atoms with Gasteiger partial charge in [-0.25, -0.2) is 15.0 Å². The normalized spacial score (nSPS) is 10.7. The van der Waals surface area contributed by atoms with Crippen molar-refractivity contribution in [2.45, 2.75) is 29.3 Å². The van der Waals surface area contributed by atoms with Gasteiger partial charge in [-0.05, 0) is 92.7 Å². The van der Waals surface area contributed by atoms with Crippen molar-refractivity contribution < 1.29 is 33.9 Å². The Balaban J connectivity index is 0.000000156. The van der Waals surface area contributed by atoms with Gasteiger partial charge in [-0.15, -0.1) is 0 Å². The molecule has 0 saturated heterocycles. The fourth-order valence-corrected chi connectivity index (χ4v) is 9.02. The van der Waals surface area contributed by atoms with Gasteiger partial charge >= 0.3 is 0 Å². The number of aromatic nitrogens is 6. The number of thioether (sulfide) groups is 3. The molecule has 78 heavy (non-hydrogen) atoms. The Morgan fingerprint density at radius 2 is 0.756 bits per heavy atom. The molecular formula is C53H44N12O10S3. The van der Waals surface area contributed by atoms with Crippen LogP contribution >= 0.6 is 35.3 Å². The zero-order valence-corrected chi connectivity index (χ0v) is 43.6. The average molecular weight is 1110 g/mol. The minimum atomic E-state index is -0.462. The lowest BCUT2D eigenvalue weighted by Crippen LogP contribution is -2.14. The SMILES string of the molecule is Cc1ccc(NC(=O)CSc2nc3ccc([N+](=O)[O-])cc3[nH]2)cc1.Cc1ccc(NC(=O)CSc2nc3ccc([N+](=O)[O-])cc3[nH]2)cc1.O=C(CSc1nc2ccc([N+](=O)[O-])cc2[nH]1)Nc1ccc(Oc2ccccc2)cc1. The lowest BCUT2D eigenvalue weighted by atomic mass is 10.2. The molecule has 0 spiro atoms. The van der Waals surface area contributed by atoms with Gasteiger partial charge in [-0.3, -0.25) is 44.7 Å². The Bertz CT molecular complexity index is 3630. The molecule has 3 amide bonds. The summed E-state index contributed by atoms with van der Waals surface area (Å²) in [5, 5.41) is 42.4. The van der Waals surface area contributed by atoms with Gasteiger partial charge in [0.15, 0.2) is 15.5 Å². The first-order valence-corrected chi connectivity index (χ1v) is 26.2. The predicted molar refractivity (Wildman–Crippen MR) is 302 cm³/mol. The van der Waals surface area contributed by atoms with Crippen LogP contribution in [0.15, 0.2) is 173 Å². The molecule has 0 unspecified atom stereocenters. The van der Waals surface area contributed by atoms with Gasteiger partial charge in [-0.2, -0.15) is 0 Å². The van der Waals surface area contributed by atoms with Gasteiger partial charge in [-0.1, -0.05) is 88.9 Å². The highest BCUT2D eigenvalue weighted by Crippen LogP contribution is 2.28. The first-order chi connectivity index (χ1) is 37.6. The van der Waals surface area contributed by atoms with Gasteiger partial charge in [0, 0.05) is 53.5 Å². The van der Waals surface area contributed by atoms with E-state index < -0.39 is 14.8 Å². The van der Waals surface area contributed by atoms with E-state index in [2.05, 4.69) is 45.9 Å². The number of benzene rings is 7. The zero-order chi connectivity index (χ0) is 55.1. The van der Waals surface area contributed by atoms with Crippen LogP contribution in [0.4, 0.5) is 34.1 Å². The summed E-state index contributed by atoms with van der Waals surface area (Å²) in [6.07, 6.45) is 0. The number of H-pyrrole nitrogens is 3. The Hall–Kier alpha value is -9.59. The average Bonchev–Trinajstić information content (AvgIpc) is 4.22. The van der Waals surface area contributed by atoms with E-state index in [4.69, 9.17) is 4.74 Å². The second kappa shape index (κ2) is 25.8. The first-order valence-electron chi connectivity index (χ1n) is 23.3. The number of imidazole rings is 3. The molecule has 6 N–H and O–H groups in total. The van der Waals surface area contributed by atoms with Crippen LogP contribution in [0.5, 0.6) is 11.5 Å². The second-order valence-corrected chi connectivity index (χ2v) is 19.6. The van der Waals surface area contributed by atoms with Crippen molar-refractivity contribution in [3.05, 3.63) is 199 Å². The quantitative estimate of drug-likeness (QED) is 0.0280. The second-order valence-electron chi connectivity index (χ2n) is 16.7. The third-order valence-corrected chi connectivity index (χ3v) is 13.4. The number of non-ortho nitro benzene ring substituents is 3. The van der Waals surface area contributed by atoms with Crippen molar-refractivity contribution >= 4 is 120 Å². The van der Waals surface area contributed by atoms with Crippen LogP contribution in [-0.4, -0.2) is 79.7 Å². The van der Waals surface area contributed by atoms with Crippen molar-refractivity contribution in [3.63, 3.8) is 0 Å². The molecule has 0 fully saturated rings. The highest BCUT2D eigenvalue weighted by atomic mass is 32.2. The van der Waals surface area contributed by atoms with E-state index in [0.717, 1.165) is 28.3 Å². The zero-order valence-electron chi connectivity index (χ0n) is 41.1. The van der Waals surface area contributed by atoms with E-state index in [1.807, 2.05) is 92.7 Å². The number of ether oxygens (including phenoxy) is 1. The maximum atomic E-state index is 12.2. The molecule has 10 aromatic rings. The first kappa shape index (κ1) is 54.7. The molecule has 0 aliphatic carbocycles. The van der Waals surface area contributed by atoms with Crippen LogP contribution in [-0.2, 0) is 14.4 Å². The molecular weight excluding hydrogens is 1060 g/mol. The smallest absolute Gasteiger partial charge is 0.271 e. The molecule has 0 aliphatic rings. The number of aryl methyl sites for hydroxylation is 2. The molecule has 3 aromatic heterocycles. The number of hydrogen-bond donors (Lipinski definition) is 6. The van der Waals surface area contributed by atoms with E-state index in [1.54, 1.807) is 42.5 Å². The van der Waals surface area contributed by atoms with Crippen LogP contribution in [0.3, 0.4) is 0 Å². The number of anilines is 3. The monoisotopic (exact) mass is 1100 g/mol. The molecule has 0 saturated carbocycles. The maximum Gasteiger partial charge on any atom is 0.271 e. The topological polar surface area (TPSA) is 312 Å². The summed E-state index contributed by atoms with van der Waals surface area (Å²) in [7, 11) is 0. The fourth-order valence-electron chi connectivity index (χ4n) is 6.97. The van der Waals surface area contributed by atoms with E-state index >= 15 is 0 Å². The molecule has 10 rings (SSSR count).